The Morgan fingerprint density at radius 3 is 2.68 bits per heavy atom. The predicted molar refractivity (Wildman–Crippen MR) is 116 cm³/mol. The van der Waals surface area contributed by atoms with Crippen LogP contribution in [0.3, 0.4) is 0 Å². The fourth-order valence-corrected chi connectivity index (χ4v) is 4.07. The maximum absolute atomic E-state index is 4.69. The van der Waals surface area contributed by atoms with Gasteiger partial charge < -0.3 is 5.32 Å². The molecule has 0 aliphatic heterocycles. The first-order chi connectivity index (χ1) is 13.7. The molecule has 0 bridgehead atoms. The SMILES string of the molecule is CCc1nc(NCCCc2ccc(-c3cnccn3)cc2)c2cc(C)sc2n1. The first kappa shape index (κ1) is 18.5. The molecule has 6 heteroatoms. The Morgan fingerprint density at radius 1 is 1.07 bits per heavy atom. The van der Waals surface area contributed by atoms with E-state index in [0.717, 1.165) is 58.9 Å². The van der Waals surface area contributed by atoms with Gasteiger partial charge in [0.15, 0.2) is 0 Å². The van der Waals surface area contributed by atoms with Crippen LogP contribution in [-0.2, 0) is 12.8 Å². The van der Waals surface area contributed by atoms with Gasteiger partial charge in [-0.3, -0.25) is 9.97 Å². The number of benzene rings is 1. The van der Waals surface area contributed by atoms with Gasteiger partial charge in [-0.15, -0.1) is 11.3 Å². The van der Waals surface area contributed by atoms with Crippen LogP contribution < -0.4 is 5.32 Å². The lowest BCUT2D eigenvalue weighted by Crippen LogP contribution is -2.07. The van der Waals surface area contributed by atoms with E-state index in [9.17, 15) is 0 Å². The van der Waals surface area contributed by atoms with Crippen molar-refractivity contribution in [2.45, 2.75) is 33.1 Å². The lowest BCUT2D eigenvalue weighted by molar-refractivity contribution is 0.855. The molecule has 0 saturated heterocycles. The summed E-state index contributed by atoms with van der Waals surface area (Å²) in [5.74, 6) is 1.86. The molecule has 142 valence electrons. The zero-order valence-electron chi connectivity index (χ0n) is 16.1. The van der Waals surface area contributed by atoms with E-state index in [2.05, 4.69) is 64.4 Å². The molecule has 4 rings (SSSR count). The molecule has 0 amide bonds. The highest BCUT2D eigenvalue weighted by Crippen LogP contribution is 2.28. The number of rotatable bonds is 7. The minimum Gasteiger partial charge on any atom is -0.369 e. The molecule has 1 N–H and O–H groups in total. The third-order valence-corrected chi connectivity index (χ3v) is 5.57. The fraction of sp³-hybridized carbons (Fsp3) is 0.273. The van der Waals surface area contributed by atoms with Gasteiger partial charge in [0.2, 0.25) is 0 Å². The van der Waals surface area contributed by atoms with Crippen LogP contribution in [0.25, 0.3) is 21.5 Å². The second-order valence-electron chi connectivity index (χ2n) is 6.74. The molecular weight excluding hydrogens is 366 g/mol. The zero-order valence-corrected chi connectivity index (χ0v) is 17.0. The van der Waals surface area contributed by atoms with Crippen molar-refractivity contribution in [2.24, 2.45) is 0 Å². The fourth-order valence-electron chi connectivity index (χ4n) is 3.17. The number of nitrogens with one attached hydrogen (secondary N) is 1. The van der Waals surface area contributed by atoms with Crippen LogP contribution in [0.15, 0.2) is 48.9 Å². The van der Waals surface area contributed by atoms with Gasteiger partial charge in [-0.1, -0.05) is 31.2 Å². The van der Waals surface area contributed by atoms with E-state index in [1.165, 1.54) is 10.4 Å². The average Bonchev–Trinajstić information content (AvgIpc) is 3.12. The first-order valence-electron chi connectivity index (χ1n) is 9.59. The van der Waals surface area contributed by atoms with Gasteiger partial charge in [0.05, 0.1) is 17.3 Å². The molecule has 28 heavy (non-hydrogen) atoms. The molecular formula is C22H23N5S. The minimum absolute atomic E-state index is 0.847. The second kappa shape index (κ2) is 8.44. The number of aryl methyl sites for hydroxylation is 3. The molecule has 0 aliphatic carbocycles. The molecule has 5 nitrogen and oxygen atoms in total. The molecule has 0 unspecified atom stereocenters. The van der Waals surface area contributed by atoms with Gasteiger partial charge in [0.1, 0.15) is 16.5 Å². The van der Waals surface area contributed by atoms with Crippen molar-refractivity contribution in [1.29, 1.82) is 0 Å². The lowest BCUT2D eigenvalue weighted by atomic mass is 10.1. The van der Waals surface area contributed by atoms with Crippen molar-refractivity contribution >= 4 is 27.4 Å². The molecule has 4 aromatic rings. The summed E-state index contributed by atoms with van der Waals surface area (Å²) >= 11 is 1.73. The van der Waals surface area contributed by atoms with E-state index in [1.54, 1.807) is 29.9 Å². The van der Waals surface area contributed by atoms with E-state index in [0.29, 0.717) is 0 Å². The summed E-state index contributed by atoms with van der Waals surface area (Å²) in [6, 6.07) is 10.7. The number of thiophene rings is 1. The maximum atomic E-state index is 4.69. The van der Waals surface area contributed by atoms with Gasteiger partial charge in [0, 0.05) is 35.8 Å². The van der Waals surface area contributed by atoms with E-state index in [4.69, 9.17) is 4.98 Å². The Morgan fingerprint density at radius 2 is 1.93 bits per heavy atom. The van der Waals surface area contributed by atoms with Gasteiger partial charge in [-0.05, 0) is 31.4 Å². The number of anilines is 1. The van der Waals surface area contributed by atoms with E-state index < -0.39 is 0 Å². The molecule has 3 heterocycles. The number of aromatic nitrogens is 4. The van der Waals surface area contributed by atoms with Crippen LogP contribution in [0, 0.1) is 6.92 Å². The monoisotopic (exact) mass is 389 g/mol. The summed E-state index contributed by atoms with van der Waals surface area (Å²) in [7, 11) is 0. The Kier molecular flexibility index (Phi) is 5.58. The number of hydrogen-bond acceptors (Lipinski definition) is 6. The summed E-state index contributed by atoms with van der Waals surface area (Å²) < 4.78 is 0. The zero-order chi connectivity index (χ0) is 19.3. The van der Waals surface area contributed by atoms with Crippen molar-refractivity contribution < 1.29 is 0 Å². The third kappa shape index (κ3) is 4.17. The second-order valence-corrected chi connectivity index (χ2v) is 7.97. The van der Waals surface area contributed by atoms with Crippen molar-refractivity contribution in [3.05, 3.63) is 65.2 Å². The van der Waals surface area contributed by atoms with Gasteiger partial charge >= 0.3 is 0 Å². The van der Waals surface area contributed by atoms with Crippen LogP contribution in [0.4, 0.5) is 5.82 Å². The summed E-state index contributed by atoms with van der Waals surface area (Å²) in [4.78, 5) is 20.2. The highest BCUT2D eigenvalue weighted by atomic mass is 32.1. The number of fused-ring (bicyclic) bond motifs is 1. The van der Waals surface area contributed by atoms with Crippen molar-refractivity contribution in [2.75, 3.05) is 11.9 Å². The van der Waals surface area contributed by atoms with Crippen molar-refractivity contribution in [3.8, 4) is 11.3 Å². The molecule has 0 atom stereocenters. The normalized spacial score (nSPS) is 11.1. The topological polar surface area (TPSA) is 63.6 Å². The first-order valence-corrected chi connectivity index (χ1v) is 10.4. The standard InChI is InChI=1S/C22H23N5S/c1-3-20-26-21(18-13-15(2)28-22(18)27-20)25-10-4-5-16-6-8-17(9-7-16)19-14-23-11-12-24-19/h6-9,11-14H,3-5,10H2,1-2H3,(H,25,26,27). The Labute approximate surface area is 168 Å². The number of hydrogen-bond donors (Lipinski definition) is 1. The molecule has 0 spiro atoms. The summed E-state index contributed by atoms with van der Waals surface area (Å²) in [6.07, 6.45) is 8.11. The third-order valence-electron chi connectivity index (χ3n) is 4.63. The van der Waals surface area contributed by atoms with Crippen LogP contribution in [-0.4, -0.2) is 26.5 Å². The van der Waals surface area contributed by atoms with Crippen LogP contribution in [0.5, 0.6) is 0 Å². The van der Waals surface area contributed by atoms with Gasteiger partial charge in [-0.25, -0.2) is 9.97 Å². The highest BCUT2D eigenvalue weighted by Gasteiger charge is 2.09. The minimum atomic E-state index is 0.847. The van der Waals surface area contributed by atoms with Gasteiger partial charge in [-0.2, -0.15) is 0 Å². The van der Waals surface area contributed by atoms with E-state index >= 15 is 0 Å². The molecule has 0 aliphatic rings. The highest BCUT2D eigenvalue weighted by molar-refractivity contribution is 7.18. The average molecular weight is 390 g/mol. The molecule has 1 aromatic carbocycles. The van der Waals surface area contributed by atoms with Crippen LogP contribution in [0.1, 0.15) is 29.6 Å². The molecule has 0 radical (unpaired) electrons. The predicted octanol–water partition coefficient (Wildman–Crippen LogP) is 5.06. The summed E-state index contributed by atoms with van der Waals surface area (Å²) in [5.41, 5.74) is 3.32. The van der Waals surface area contributed by atoms with E-state index in [1.807, 2.05) is 0 Å². The Bertz CT molecular complexity index is 1060. The van der Waals surface area contributed by atoms with Crippen molar-refractivity contribution in [3.63, 3.8) is 0 Å². The van der Waals surface area contributed by atoms with Crippen LogP contribution in [0.2, 0.25) is 0 Å². The Hall–Kier alpha value is -2.86. The van der Waals surface area contributed by atoms with Crippen LogP contribution >= 0.6 is 11.3 Å². The lowest BCUT2D eigenvalue weighted by Gasteiger charge is -2.09. The molecule has 0 fully saturated rings. The molecule has 3 aromatic heterocycles. The summed E-state index contributed by atoms with van der Waals surface area (Å²) in [5, 5.41) is 4.65. The quantitative estimate of drug-likeness (QED) is 0.447. The molecule has 0 saturated carbocycles. The van der Waals surface area contributed by atoms with Crippen molar-refractivity contribution in [1.82, 2.24) is 19.9 Å². The maximum Gasteiger partial charge on any atom is 0.138 e. The Balaban J connectivity index is 1.36. The van der Waals surface area contributed by atoms with E-state index in [-0.39, 0.29) is 0 Å². The smallest absolute Gasteiger partial charge is 0.138 e. The van der Waals surface area contributed by atoms with Gasteiger partial charge in [0.25, 0.3) is 0 Å². The largest absolute Gasteiger partial charge is 0.369 e. The number of nitrogens with zero attached hydrogens (tertiary/aromatic N) is 4. The summed E-state index contributed by atoms with van der Waals surface area (Å²) in [6.45, 7) is 5.10.